The normalized spacial score (nSPS) is 10.6. The van der Waals surface area contributed by atoms with Crippen LogP contribution >= 0.6 is 0 Å². The Morgan fingerprint density at radius 2 is 2.07 bits per heavy atom. The maximum atomic E-state index is 9.90. The lowest BCUT2D eigenvalue weighted by atomic mass is 10.2. The van der Waals surface area contributed by atoms with Crippen LogP contribution in [0.2, 0.25) is 0 Å². The van der Waals surface area contributed by atoms with Gasteiger partial charge in [-0.3, -0.25) is 10.1 Å². The van der Waals surface area contributed by atoms with Crippen LogP contribution in [0.3, 0.4) is 0 Å². The van der Waals surface area contributed by atoms with E-state index in [1.54, 1.807) is 0 Å². The van der Waals surface area contributed by atoms with Crippen molar-refractivity contribution in [3.05, 3.63) is 58.3 Å². The molecule has 0 N–H and O–H groups in total. The predicted octanol–water partition coefficient (Wildman–Crippen LogP) is 1.99. The first-order valence-corrected chi connectivity index (χ1v) is 4.21. The van der Waals surface area contributed by atoms with E-state index in [9.17, 15) is 10.1 Å². The molecule has 4 nitrogen and oxygen atoms in total. The van der Waals surface area contributed by atoms with Gasteiger partial charge in [-0.1, -0.05) is 30.3 Å². The Morgan fingerprint density at radius 3 is 2.71 bits per heavy atom. The predicted molar refractivity (Wildman–Crippen MR) is 52.2 cm³/mol. The molecule has 0 unspecified atom stereocenters. The topological polar surface area (TPSA) is 52.4 Å². The molecule has 14 heavy (non-hydrogen) atoms. The number of benzene rings is 1. The fraction of sp³-hybridized carbons (Fsp3) is 0.200. The van der Waals surface area contributed by atoms with Crippen molar-refractivity contribution in [1.29, 1.82) is 0 Å². The van der Waals surface area contributed by atoms with Crippen molar-refractivity contribution in [2.45, 2.75) is 6.61 Å². The first-order chi connectivity index (χ1) is 6.79. The van der Waals surface area contributed by atoms with Crippen molar-refractivity contribution >= 4 is 0 Å². The van der Waals surface area contributed by atoms with Gasteiger partial charge in [0, 0.05) is 6.08 Å². The summed E-state index contributed by atoms with van der Waals surface area (Å²) in [6.07, 6.45) is 2.26. The molecular formula is C10H11NO3. The lowest BCUT2D eigenvalue weighted by molar-refractivity contribution is -0.402. The lowest BCUT2D eigenvalue weighted by Gasteiger charge is -1.99. The fourth-order valence-corrected chi connectivity index (χ4v) is 0.948. The number of rotatable bonds is 5. The molecule has 0 aliphatic rings. The van der Waals surface area contributed by atoms with Crippen molar-refractivity contribution in [1.82, 2.24) is 0 Å². The van der Waals surface area contributed by atoms with E-state index in [1.165, 1.54) is 6.08 Å². The molecule has 0 saturated carbocycles. The zero-order valence-electron chi connectivity index (χ0n) is 7.63. The van der Waals surface area contributed by atoms with Crippen molar-refractivity contribution in [2.24, 2.45) is 0 Å². The van der Waals surface area contributed by atoms with Crippen LogP contribution in [0.5, 0.6) is 0 Å². The Morgan fingerprint density at radius 1 is 1.36 bits per heavy atom. The Balaban J connectivity index is 2.19. The minimum atomic E-state index is -0.508. The van der Waals surface area contributed by atoms with Crippen LogP contribution < -0.4 is 0 Å². The summed E-state index contributed by atoms with van der Waals surface area (Å²) in [6.45, 7) is 0.735. The molecule has 0 saturated heterocycles. The van der Waals surface area contributed by atoms with Crippen LogP contribution in [0, 0.1) is 10.1 Å². The van der Waals surface area contributed by atoms with Crippen molar-refractivity contribution in [3.63, 3.8) is 0 Å². The molecule has 1 aromatic rings. The Bertz CT molecular complexity index is 308. The second-order valence-electron chi connectivity index (χ2n) is 2.67. The van der Waals surface area contributed by atoms with Crippen LogP contribution in [0.4, 0.5) is 0 Å². The van der Waals surface area contributed by atoms with E-state index in [-0.39, 0.29) is 6.61 Å². The third-order valence-corrected chi connectivity index (χ3v) is 1.55. The first kappa shape index (κ1) is 10.4. The van der Waals surface area contributed by atoms with Gasteiger partial charge in [-0.25, -0.2) is 0 Å². The second kappa shape index (κ2) is 5.88. The molecule has 0 radical (unpaired) electrons. The summed E-state index contributed by atoms with van der Waals surface area (Å²) in [7, 11) is 0. The standard InChI is InChI=1S/C10H11NO3/c12-11(13)7-4-8-14-9-10-5-2-1-3-6-10/h1-7H,8-9H2/b7-4+. The Labute approximate surface area is 82.0 Å². The minimum absolute atomic E-state index is 0.260. The smallest absolute Gasteiger partial charge is 0.232 e. The zero-order valence-corrected chi connectivity index (χ0v) is 7.63. The quantitative estimate of drug-likeness (QED) is 0.408. The summed E-state index contributed by atoms with van der Waals surface area (Å²) in [5.74, 6) is 0. The van der Waals surface area contributed by atoms with Gasteiger partial charge >= 0.3 is 0 Å². The lowest BCUT2D eigenvalue weighted by Crippen LogP contribution is -1.93. The highest BCUT2D eigenvalue weighted by Gasteiger charge is 1.90. The van der Waals surface area contributed by atoms with E-state index in [2.05, 4.69) is 0 Å². The molecule has 1 rings (SSSR count). The third-order valence-electron chi connectivity index (χ3n) is 1.55. The largest absolute Gasteiger partial charge is 0.372 e. The summed E-state index contributed by atoms with van der Waals surface area (Å²) in [5, 5.41) is 9.90. The summed E-state index contributed by atoms with van der Waals surface area (Å²) in [5.41, 5.74) is 1.06. The van der Waals surface area contributed by atoms with E-state index in [0.717, 1.165) is 11.8 Å². The number of nitro groups is 1. The average Bonchev–Trinajstić information content (AvgIpc) is 2.18. The molecule has 0 aromatic heterocycles. The van der Waals surface area contributed by atoms with Gasteiger partial charge in [0.2, 0.25) is 6.20 Å². The van der Waals surface area contributed by atoms with Gasteiger partial charge in [-0.15, -0.1) is 0 Å². The van der Waals surface area contributed by atoms with Gasteiger partial charge in [0.25, 0.3) is 0 Å². The van der Waals surface area contributed by atoms with Gasteiger partial charge in [0.15, 0.2) is 0 Å². The first-order valence-electron chi connectivity index (χ1n) is 4.21. The van der Waals surface area contributed by atoms with Crippen LogP contribution in [0.25, 0.3) is 0 Å². The minimum Gasteiger partial charge on any atom is -0.372 e. The van der Waals surface area contributed by atoms with Gasteiger partial charge in [0.1, 0.15) is 0 Å². The molecule has 0 bridgehead atoms. The van der Waals surface area contributed by atoms with E-state index in [0.29, 0.717) is 6.61 Å². The van der Waals surface area contributed by atoms with Crippen LogP contribution in [0.1, 0.15) is 5.56 Å². The summed E-state index contributed by atoms with van der Waals surface area (Å²) < 4.78 is 5.18. The maximum Gasteiger partial charge on any atom is 0.232 e. The Kier molecular flexibility index (Phi) is 4.37. The molecule has 4 heteroatoms. The van der Waals surface area contributed by atoms with E-state index >= 15 is 0 Å². The summed E-state index contributed by atoms with van der Waals surface area (Å²) >= 11 is 0. The SMILES string of the molecule is O=[N+]([O-])/C=C/COCc1ccccc1. The molecule has 0 aliphatic heterocycles. The molecular weight excluding hydrogens is 182 g/mol. The molecule has 74 valence electrons. The summed E-state index contributed by atoms with van der Waals surface area (Å²) in [4.78, 5) is 9.39. The highest BCUT2D eigenvalue weighted by atomic mass is 16.6. The van der Waals surface area contributed by atoms with Crippen LogP contribution in [-0.2, 0) is 11.3 Å². The number of ether oxygens (including phenoxy) is 1. The number of hydrogen-bond acceptors (Lipinski definition) is 3. The maximum absolute atomic E-state index is 9.90. The van der Waals surface area contributed by atoms with Crippen LogP contribution in [0.15, 0.2) is 42.6 Å². The monoisotopic (exact) mass is 193 g/mol. The van der Waals surface area contributed by atoms with E-state index < -0.39 is 4.92 Å². The third kappa shape index (κ3) is 4.37. The molecule has 0 atom stereocenters. The van der Waals surface area contributed by atoms with Gasteiger partial charge in [0.05, 0.1) is 18.1 Å². The second-order valence-corrected chi connectivity index (χ2v) is 2.67. The molecule has 0 aliphatic carbocycles. The van der Waals surface area contributed by atoms with Gasteiger partial charge in [-0.05, 0) is 5.56 Å². The number of nitrogens with zero attached hydrogens (tertiary/aromatic N) is 1. The molecule has 0 heterocycles. The molecule has 1 aromatic carbocycles. The Hall–Kier alpha value is -1.68. The van der Waals surface area contributed by atoms with E-state index in [4.69, 9.17) is 4.74 Å². The molecule has 0 fully saturated rings. The van der Waals surface area contributed by atoms with Crippen LogP contribution in [-0.4, -0.2) is 11.5 Å². The molecule has 0 spiro atoms. The molecule has 0 amide bonds. The van der Waals surface area contributed by atoms with E-state index in [1.807, 2.05) is 30.3 Å². The van der Waals surface area contributed by atoms with Crippen molar-refractivity contribution < 1.29 is 9.66 Å². The van der Waals surface area contributed by atoms with Crippen molar-refractivity contribution in [3.8, 4) is 0 Å². The van der Waals surface area contributed by atoms with Crippen molar-refractivity contribution in [2.75, 3.05) is 6.61 Å². The number of hydrogen-bond donors (Lipinski definition) is 0. The van der Waals surface area contributed by atoms with Gasteiger partial charge in [-0.2, -0.15) is 0 Å². The average molecular weight is 193 g/mol. The zero-order chi connectivity index (χ0) is 10.2. The highest BCUT2D eigenvalue weighted by Crippen LogP contribution is 1.99. The van der Waals surface area contributed by atoms with Gasteiger partial charge < -0.3 is 4.74 Å². The summed E-state index contributed by atoms with van der Waals surface area (Å²) in [6, 6.07) is 9.65. The highest BCUT2D eigenvalue weighted by molar-refractivity contribution is 5.13. The fourth-order valence-electron chi connectivity index (χ4n) is 0.948.